The topological polar surface area (TPSA) is 41.5 Å². The van der Waals surface area contributed by atoms with Crippen LogP contribution < -0.4 is 5.32 Å². The second-order valence-electron chi connectivity index (χ2n) is 5.16. The Bertz CT molecular complexity index is 454. The maximum atomic E-state index is 13.8. The van der Waals surface area contributed by atoms with E-state index in [0.717, 1.165) is 18.2 Å². The van der Waals surface area contributed by atoms with Crippen LogP contribution in [0.5, 0.6) is 0 Å². The highest BCUT2D eigenvalue weighted by Gasteiger charge is 2.43. The third-order valence-electron chi connectivity index (χ3n) is 3.71. The van der Waals surface area contributed by atoms with Crippen LogP contribution in [-0.2, 0) is 10.3 Å². The van der Waals surface area contributed by atoms with Crippen LogP contribution in [0.4, 0.5) is 8.78 Å². The average Bonchev–Trinajstić information content (AvgIpc) is 2.31. The monoisotopic (exact) mass is 255 g/mol. The van der Waals surface area contributed by atoms with Crippen molar-refractivity contribution in [3.05, 3.63) is 35.4 Å². The van der Waals surface area contributed by atoms with Crippen LogP contribution in [0.1, 0.15) is 18.4 Å². The van der Waals surface area contributed by atoms with Crippen molar-refractivity contribution < 1.29 is 18.6 Å². The van der Waals surface area contributed by atoms with E-state index in [9.17, 15) is 13.9 Å². The molecule has 2 heterocycles. The summed E-state index contributed by atoms with van der Waals surface area (Å²) in [4.78, 5) is 0. The van der Waals surface area contributed by atoms with E-state index in [4.69, 9.17) is 4.74 Å². The van der Waals surface area contributed by atoms with Gasteiger partial charge in [0.05, 0.1) is 18.8 Å². The van der Waals surface area contributed by atoms with Crippen molar-refractivity contribution in [3.63, 3.8) is 0 Å². The summed E-state index contributed by atoms with van der Waals surface area (Å²) >= 11 is 0. The second kappa shape index (κ2) is 4.26. The molecule has 3 nitrogen and oxygen atoms in total. The van der Waals surface area contributed by atoms with Gasteiger partial charge in [-0.25, -0.2) is 8.78 Å². The molecular formula is C13H15F2NO2. The Morgan fingerprint density at radius 2 is 1.89 bits per heavy atom. The van der Waals surface area contributed by atoms with Gasteiger partial charge in [-0.15, -0.1) is 0 Å². The van der Waals surface area contributed by atoms with Gasteiger partial charge in [0.15, 0.2) is 0 Å². The highest BCUT2D eigenvalue weighted by Crippen LogP contribution is 2.38. The van der Waals surface area contributed by atoms with E-state index in [0.29, 0.717) is 26.1 Å². The summed E-state index contributed by atoms with van der Waals surface area (Å²) in [5.41, 5.74) is -1.25. The lowest BCUT2D eigenvalue weighted by atomic mass is 9.78. The molecule has 2 bridgehead atoms. The van der Waals surface area contributed by atoms with E-state index in [2.05, 4.69) is 5.32 Å². The van der Waals surface area contributed by atoms with Crippen molar-refractivity contribution in [2.24, 2.45) is 0 Å². The van der Waals surface area contributed by atoms with Gasteiger partial charge < -0.3 is 15.2 Å². The van der Waals surface area contributed by atoms with Crippen molar-refractivity contribution in [2.75, 3.05) is 13.2 Å². The summed E-state index contributed by atoms with van der Waals surface area (Å²) in [6.45, 7) is 0.992. The summed E-state index contributed by atoms with van der Waals surface area (Å²) in [6, 6.07) is 3.21. The number of fused-ring (bicyclic) bond motifs is 2. The second-order valence-corrected chi connectivity index (χ2v) is 5.16. The Labute approximate surface area is 104 Å². The van der Waals surface area contributed by atoms with Gasteiger partial charge in [-0.1, -0.05) is 0 Å². The molecule has 18 heavy (non-hydrogen) atoms. The smallest absolute Gasteiger partial charge is 0.129 e. The largest absolute Gasteiger partial charge is 0.385 e. The third kappa shape index (κ3) is 2.02. The van der Waals surface area contributed by atoms with E-state index < -0.39 is 17.2 Å². The van der Waals surface area contributed by atoms with Crippen molar-refractivity contribution in [2.45, 2.75) is 30.5 Å². The van der Waals surface area contributed by atoms with Crippen LogP contribution in [0, 0.1) is 11.6 Å². The molecule has 0 saturated carbocycles. The first-order chi connectivity index (χ1) is 8.57. The van der Waals surface area contributed by atoms with Crippen LogP contribution in [0.15, 0.2) is 18.2 Å². The lowest BCUT2D eigenvalue weighted by Crippen LogP contribution is -2.58. The highest BCUT2D eigenvalue weighted by atomic mass is 19.1. The van der Waals surface area contributed by atoms with Gasteiger partial charge in [0.1, 0.15) is 11.6 Å². The van der Waals surface area contributed by atoms with Crippen molar-refractivity contribution in [1.29, 1.82) is 0 Å². The number of halogens is 2. The number of morpholine rings is 1. The minimum Gasteiger partial charge on any atom is -0.385 e. The zero-order valence-corrected chi connectivity index (χ0v) is 9.83. The molecule has 1 aromatic rings. The molecule has 5 heteroatoms. The standard InChI is InChI=1S/C13H15F2NO2/c14-8-1-2-12(15)11(3-8)13(17)4-9-6-18-7-10(5-13)16-9/h1-3,9-10,16-17H,4-7H2. The fraction of sp³-hybridized carbons (Fsp3) is 0.538. The molecule has 98 valence electrons. The van der Waals surface area contributed by atoms with Gasteiger partial charge in [-0.2, -0.15) is 0 Å². The van der Waals surface area contributed by atoms with Gasteiger partial charge in [0.2, 0.25) is 0 Å². The number of benzene rings is 1. The molecule has 2 N–H and O–H groups in total. The van der Waals surface area contributed by atoms with Crippen LogP contribution in [-0.4, -0.2) is 30.4 Å². The summed E-state index contributed by atoms with van der Waals surface area (Å²) in [5, 5.41) is 14.0. The molecule has 0 aromatic heterocycles. The zero-order chi connectivity index (χ0) is 12.8. The molecule has 2 saturated heterocycles. The van der Waals surface area contributed by atoms with Crippen molar-refractivity contribution in [3.8, 4) is 0 Å². The maximum absolute atomic E-state index is 13.8. The molecule has 2 unspecified atom stereocenters. The molecule has 0 aliphatic carbocycles. The van der Waals surface area contributed by atoms with Gasteiger partial charge >= 0.3 is 0 Å². The predicted molar refractivity (Wildman–Crippen MR) is 61.0 cm³/mol. The third-order valence-corrected chi connectivity index (χ3v) is 3.71. The van der Waals surface area contributed by atoms with Crippen LogP contribution >= 0.6 is 0 Å². The highest BCUT2D eigenvalue weighted by molar-refractivity contribution is 5.27. The first-order valence-electron chi connectivity index (χ1n) is 6.08. The average molecular weight is 255 g/mol. The molecule has 2 aliphatic rings. The minimum atomic E-state index is -1.31. The molecular weight excluding hydrogens is 240 g/mol. The molecule has 3 rings (SSSR count). The van der Waals surface area contributed by atoms with E-state index in [1.54, 1.807) is 0 Å². The molecule has 1 aromatic carbocycles. The fourth-order valence-corrected chi connectivity index (χ4v) is 2.99. The maximum Gasteiger partial charge on any atom is 0.129 e. The van der Waals surface area contributed by atoms with Crippen LogP contribution in [0.25, 0.3) is 0 Å². The van der Waals surface area contributed by atoms with Gasteiger partial charge in [-0.3, -0.25) is 0 Å². The fourth-order valence-electron chi connectivity index (χ4n) is 2.99. The normalized spacial score (nSPS) is 35.5. The lowest BCUT2D eigenvalue weighted by molar-refractivity contribution is -0.0819. The van der Waals surface area contributed by atoms with Crippen LogP contribution in [0.2, 0.25) is 0 Å². The number of hydrogen-bond donors (Lipinski definition) is 2. The summed E-state index contributed by atoms with van der Waals surface area (Å²) in [5.74, 6) is -1.08. The first-order valence-corrected chi connectivity index (χ1v) is 6.08. The molecule has 0 amide bonds. The number of piperidine rings is 1. The van der Waals surface area contributed by atoms with E-state index in [1.165, 1.54) is 0 Å². The first kappa shape index (κ1) is 12.0. The van der Waals surface area contributed by atoms with E-state index in [-0.39, 0.29) is 17.6 Å². The molecule has 0 radical (unpaired) electrons. The molecule has 2 fully saturated rings. The summed E-state index contributed by atoms with van der Waals surface area (Å²) in [7, 11) is 0. The zero-order valence-electron chi connectivity index (χ0n) is 9.83. The molecule has 0 spiro atoms. The SMILES string of the molecule is OC1(c2cc(F)ccc2F)CC2COCC(C1)N2. The lowest BCUT2D eigenvalue weighted by Gasteiger charge is -2.45. The van der Waals surface area contributed by atoms with E-state index in [1.807, 2.05) is 0 Å². The van der Waals surface area contributed by atoms with Gasteiger partial charge in [-0.05, 0) is 31.0 Å². The minimum absolute atomic E-state index is 0.00910. The van der Waals surface area contributed by atoms with E-state index >= 15 is 0 Å². The predicted octanol–water partition coefficient (Wildman–Crippen LogP) is 1.30. The van der Waals surface area contributed by atoms with Crippen LogP contribution in [0.3, 0.4) is 0 Å². The quantitative estimate of drug-likeness (QED) is 0.795. The number of hydrogen-bond acceptors (Lipinski definition) is 3. The number of ether oxygens (including phenoxy) is 1. The number of rotatable bonds is 1. The number of aliphatic hydroxyl groups is 1. The van der Waals surface area contributed by atoms with Crippen molar-refractivity contribution in [1.82, 2.24) is 5.32 Å². The Morgan fingerprint density at radius 1 is 1.22 bits per heavy atom. The Balaban J connectivity index is 1.96. The van der Waals surface area contributed by atoms with Gasteiger partial charge in [0, 0.05) is 17.6 Å². The Kier molecular flexibility index (Phi) is 2.84. The van der Waals surface area contributed by atoms with Gasteiger partial charge in [0.25, 0.3) is 0 Å². The number of nitrogens with one attached hydrogen (secondary N) is 1. The Hall–Kier alpha value is -1.04. The van der Waals surface area contributed by atoms with Crippen molar-refractivity contribution >= 4 is 0 Å². The summed E-state index contributed by atoms with van der Waals surface area (Å²) in [6.07, 6.45) is 0.674. The Morgan fingerprint density at radius 3 is 2.56 bits per heavy atom. The molecule has 2 aliphatic heterocycles. The summed E-state index contributed by atoms with van der Waals surface area (Å²) < 4.78 is 32.4. The molecule has 2 atom stereocenters.